The van der Waals surface area contributed by atoms with Crippen molar-refractivity contribution in [2.45, 2.75) is 23.0 Å². The van der Waals surface area contributed by atoms with Crippen LogP contribution >= 0.6 is 11.8 Å². The van der Waals surface area contributed by atoms with E-state index in [0.717, 1.165) is 25.9 Å². The van der Waals surface area contributed by atoms with Crippen molar-refractivity contribution in [3.05, 3.63) is 30.3 Å². The van der Waals surface area contributed by atoms with E-state index < -0.39 is 6.09 Å². The molecule has 0 bridgehead atoms. The Morgan fingerprint density at radius 3 is 2.35 bits per heavy atom. The van der Waals surface area contributed by atoms with Gasteiger partial charge in [-0.2, -0.15) is 4.79 Å². The van der Waals surface area contributed by atoms with Crippen molar-refractivity contribution in [1.29, 1.82) is 0 Å². The largest absolute Gasteiger partial charge is 1.00 e. The van der Waals surface area contributed by atoms with E-state index >= 15 is 0 Å². The predicted molar refractivity (Wildman–Crippen MR) is 64.0 cm³/mol. The number of rotatable bonds is 2. The number of thioether (sulfide) groups is 1. The van der Waals surface area contributed by atoms with E-state index in [1.54, 1.807) is 0 Å². The first-order valence-electron chi connectivity index (χ1n) is 5.55. The summed E-state index contributed by atoms with van der Waals surface area (Å²) >= 11 is 1.87. The second kappa shape index (κ2) is 6.89. The molecule has 94 valence electrons. The molecular weight excluding hydrogens is 258 g/mol. The van der Waals surface area contributed by atoms with E-state index in [-0.39, 0.29) is 12.4 Å². The number of halogens is 1. The van der Waals surface area contributed by atoms with Crippen LogP contribution in [0, 0.1) is 0 Å². The molecule has 0 unspecified atom stereocenters. The number of hydrogen-bond acceptors (Lipinski definition) is 2. The van der Waals surface area contributed by atoms with E-state index in [4.69, 9.17) is 5.11 Å². The molecule has 1 aromatic rings. The van der Waals surface area contributed by atoms with Crippen molar-refractivity contribution >= 4 is 17.9 Å². The van der Waals surface area contributed by atoms with E-state index in [0.29, 0.717) is 10.1 Å². The summed E-state index contributed by atoms with van der Waals surface area (Å²) in [5.74, 6) is 0. The van der Waals surface area contributed by atoms with E-state index in [9.17, 15) is 4.79 Å². The summed E-state index contributed by atoms with van der Waals surface area (Å²) in [7, 11) is 0. The van der Waals surface area contributed by atoms with E-state index in [2.05, 4.69) is 12.1 Å². The number of carboxylic acid groups (broad SMARTS) is 1. The highest BCUT2D eigenvalue weighted by molar-refractivity contribution is 8.00. The molecule has 1 aromatic carbocycles. The molecule has 2 rings (SSSR count). The molecule has 0 spiro atoms. The Kier molecular flexibility index (Phi) is 5.82. The zero-order chi connectivity index (χ0) is 11.4. The molecule has 1 aliphatic heterocycles. The molecule has 0 aromatic heterocycles. The lowest BCUT2D eigenvalue weighted by molar-refractivity contribution is -0.828. The van der Waals surface area contributed by atoms with Gasteiger partial charge in [0.15, 0.2) is 0 Å². The second-order valence-corrected chi connectivity index (χ2v) is 5.41. The number of benzene rings is 1. The Bertz CT molecular complexity index is 353. The van der Waals surface area contributed by atoms with E-state index in [1.165, 1.54) is 4.90 Å². The van der Waals surface area contributed by atoms with Crippen molar-refractivity contribution in [1.82, 2.24) is 0 Å². The van der Waals surface area contributed by atoms with Crippen LogP contribution in [0.1, 0.15) is 12.8 Å². The fourth-order valence-corrected chi connectivity index (χ4v) is 3.13. The van der Waals surface area contributed by atoms with Crippen LogP contribution < -0.4 is 17.3 Å². The molecule has 0 saturated carbocycles. The number of amides is 1. The highest BCUT2D eigenvalue weighted by Gasteiger charge is 2.27. The number of carbonyl (C=O) groups is 1. The van der Waals surface area contributed by atoms with Gasteiger partial charge in [0.25, 0.3) is 0 Å². The average molecular weight is 274 g/mol. The number of nitrogens with one attached hydrogen (secondary N) is 1. The highest BCUT2D eigenvalue weighted by Crippen LogP contribution is 2.27. The molecule has 1 aliphatic rings. The maximum atomic E-state index is 10.8. The molecular formula is C12H16ClNO2S. The SMILES string of the molecule is O=C(O)[NH+]1CCC(Sc2ccccc2)CC1.[Cl-]. The van der Waals surface area contributed by atoms with Crippen LogP contribution in [0.3, 0.4) is 0 Å². The van der Waals surface area contributed by atoms with Gasteiger partial charge in [0, 0.05) is 23.0 Å². The Morgan fingerprint density at radius 2 is 1.82 bits per heavy atom. The van der Waals surface area contributed by atoms with Crippen molar-refractivity contribution in [2.75, 3.05) is 13.1 Å². The van der Waals surface area contributed by atoms with Gasteiger partial charge in [-0.15, -0.1) is 11.8 Å². The minimum atomic E-state index is -0.705. The molecule has 1 saturated heterocycles. The van der Waals surface area contributed by atoms with Crippen LogP contribution in [-0.4, -0.2) is 29.5 Å². The molecule has 3 nitrogen and oxygen atoms in total. The molecule has 1 amide bonds. The first-order chi connectivity index (χ1) is 7.75. The van der Waals surface area contributed by atoms with Crippen molar-refractivity contribution in [3.8, 4) is 0 Å². The molecule has 1 heterocycles. The normalized spacial score (nSPS) is 23.8. The van der Waals surface area contributed by atoms with Gasteiger partial charge in [0.2, 0.25) is 0 Å². The van der Waals surface area contributed by atoms with Crippen LogP contribution in [0.4, 0.5) is 4.79 Å². The Balaban J connectivity index is 0.00000144. The summed E-state index contributed by atoms with van der Waals surface area (Å²) in [4.78, 5) is 12.8. The number of quaternary nitrogens is 1. The summed E-state index contributed by atoms with van der Waals surface area (Å²) < 4.78 is 0. The summed E-state index contributed by atoms with van der Waals surface area (Å²) in [5.41, 5.74) is 0. The van der Waals surface area contributed by atoms with Gasteiger partial charge in [-0.3, -0.25) is 0 Å². The van der Waals surface area contributed by atoms with Crippen molar-refractivity contribution in [2.24, 2.45) is 0 Å². The Hall–Kier alpha value is -0.710. The first-order valence-corrected chi connectivity index (χ1v) is 6.43. The van der Waals surface area contributed by atoms with Gasteiger partial charge in [0.1, 0.15) is 0 Å². The minimum absolute atomic E-state index is 0. The monoisotopic (exact) mass is 273 g/mol. The summed E-state index contributed by atoms with van der Waals surface area (Å²) in [5, 5.41) is 9.44. The third kappa shape index (κ3) is 4.22. The van der Waals surface area contributed by atoms with Crippen LogP contribution in [0.2, 0.25) is 0 Å². The number of piperidine rings is 1. The lowest BCUT2D eigenvalue weighted by atomic mass is 10.1. The van der Waals surface area contributed by atoms with Gasteiger partial charge < -0.3 is 17.5 Å². The maximum Gasteiger partial charge on any atom is 0.511 e. The Labute approximate surface area is 112 Å². The van der Waals surface area contributed by atoms with Crippen LogP contribution in [0.15, 0.2) is 35.2 Å². The summed E-state index contributed by atoms with van der Waals surface area (Å²) in [6.07, 6.45) is 1.27. The quantitative estimate of drug-likeness (QED) is 0.690. The summed E-state index contributed by atoms with van der Waals surface area (Å²) in [6.45, 7) is 1.50. The zero-order valence-corrected chi connectivity index (χ0v) is 11.0. The molecule has 1 fully saturated rings. The first kappa shape index (κ1) is 14.4. The number of likely N-dealkylation sites (tertiary alicyclic amines) is 1. The van der Waals surface area contributed by atoms with Crippen LogP contribution in [0.5, 0.6) is 0 Å². The third-order valence-electron chi connectivity index (χ3n) is 2.88. The number of hydrogen-bond donors (Lipinski definition) is 2. The van der Waals surface area contributed by atoms with Gasteiger partial charge >= 0.3 is 6.09 Å². The van der Waals surface area contributed by atoms with Gasteiger partial charge in [-0.1, -0.05) is 18.2 Å². The molecule has 5 heteroatoms. The standard InChI is InChI=1S/C12H15NO2S.ClH/c14-12(15)13-8-6-11(7-9-13)16-10-4-2-1-3-5-10;/h1-5,11H,6-9H2,(H,14,15);1H. The van der Waals surface area contributed by atoms with Crippen LogP contribution in [-0.2, 0) is 0 Å². The topological polar surface area (TPSA) is 41.7 Å². The smallest absolute Gasteiger partial charge is 0.511 e. The van der Waals surface area contributed by atoms with Gasteiger partial charge in [-0.25, -0.2) is 4.90 Å². The van der Waals surface area contributed by atoms with Gasteiger partial charge in [0.05, 0.1) is 13.1 Å². The molecule has 0 aliphatic carbocycles. The molecule has 2 N–H and O–H groups in total. The lowest BCUT2D eigenvalue weighted by Gasteiger charge is -2.25. The zero-order valence-electron chi connectivity index (χ0n) is 9.43. The summed E-state index contributed by atoms with van der Waals surface area (Å²) in [6, 6.07) is 10.3. The minimum Gasteiger partial charge on any atom is -1.00 e. The van der Waals surface area contributed by atoms with Crippen molar-refractivity contribution < 1.29 is 27.2 Å². The molecule has 17 heavy (non-hydrogen) atoms. The Morgan fingerprint density at radius 1 is 1.24 bits per heavy atom. The molecule has 0 radical (unpaired) electrons. The fraction of sp³-hybridized carbons (Fsp3) is 0.417. The second-order valence-electron chi connectivity index (χ2n) is 4.04. The van der Waals surface area contributed by atoms with E-state index in [1.807, 2.05) is 30.0 Å². The van der Waals surface area contributed by atoms with Crippen molar-refractivity contribution in [3.63, 3.8) is 0 Å². The predicted octanol–water partition coefficient (Wildman–Crippen LogP) is -1.49. The lowest BCUT2D eigenvalue weighted by Crippen LogP contribution is -3.15. The highest BCUT2D eigenvalue weighted by atomic mass is 35.5. The molecule has 0 atom stereocenters. The fourth-order valence-electron chi connectivity index (χ4n) is 1.96. The van der Waals surface area contributed by atoms with Gasteiger partial charge in [-0.05, 0) is 12.1 Å². The third-order valence-corrected chi connectivity index (χ3v) is 4.23. The maximum absolute atomic E-state index is 10.8. The van der Waals surface area contributed by atoms with Crippen LogP contribution in [0.25, 0.3) is 0 Å². The average Bonchev–Trinajstić information content (AvgIpc) is 2.31.